The topological polar surface area (TPSA) is 80.0 Å². The van der Waals surface area contributed by atoms with Crippen molar-refractivity contribution in [2.45, 2.75) is 58.7 Å². The van der Waals surface area contributed by atoms with Crippen LogP contribution in [0.4, 0.5) is 4.79 Å². The van der Waals surface area contributed by atoms with E-state index in [0.717, 1.165) is 16.1 Å². The molecule has 3 aromatic rings. The summed E-state index contributed by atoms with van der Waals surface area (Å²) in [5.74, 6) is -0.116. The van der Waals surface area contributed by atoms with Crippen molar-refractivity contribution in [3.05, 3.63) is 41.7 Å². The Kier molecular flexibility index (Phi) is 5.94. The average Bonchev–Trinajstić information content (AvgIpc) is 3.45. The van der Waals surface area contributed by atoms with Gasteiger partial charge in [-0.2, -0.15) is 5.10 Å². The number of fused-ring (bicyclic) bond motifs is 1. The van der Waals surface area contributed by atoms with Gasteiger partial charge in [-0.05, 0) is 53.2 Å². The van der Waals surface area contributed by atoms with Gasteiger partial charge in [-0.25, -0.2) is 14.3 Å². The Balaban J connectivity index is 1.52. The van der Waals surface area contributed by atoms with Crippen molar-refractivity contribution >= 4 is 28.9 Å². The summed E-state index contributed by atoms with van der Waals surface area (Å²) in [6, 6.07) is 5.76. The van der Waals surface area contributed by atoms with Gasteiger partial charge in [-0.1, -0.05) is 6.07 Å². The second kappa shape index (κ2) is 8.54. The molecule has 1 fully saturated rings. The maximum Gasteiger partial charge on any atom is 0.410 e. The van der Waals surface area contributed by atoms with Crippen LogP contribution >= 0.6 is 11.3 Å². The maximum absolute atomic E-state index is 13.4. The van der Waals surface area contributed by atoms with E-state index in [-0.39, 0.29) is 24.1 Å². The first kappa shape index (κ1) is 22.3. The lowest BCUT2D eigenvalue weighted by molar-refractivity contribution is 0.0268. The van der Waals surface area contributed by atoms with Crippen LogP contribution in [-0.2, 0) is 4.74 Å². The average molecular weight is 456 g/mol. The standard InChI is InChI=1S/C23H29N5O3S/c1-15(2)28(16-9-11-26(13-16)22(30)31-23(3,4)5)21(29)18-14-32-20(25-18)17-12-24-27-10-7-6-8-19(17)27/h6-8,10,12,14-16H,9,11,13H2,1-5H3/t16-/m0/s1. The first-order valence-electron chi connectivity index (χ1n) is 10.8. The molecule has 0 saturated carbocycles. The Morgan fingerprint density at radius 1 is 1.28 bits per heavy atom. The fraction of sp³-hybridized carbons (Fsp3) is 0.478. The second-order valence-corrected chi connectivity index (χ2v) is 10.2. The van der Waals surface area contributed by atoms with Gasteiger partial charge >= 0.3 is 6.09 Å². The lowest BCUT2D eigenvalue weighted by Gasteiger charge is -2.32. The lowest BCUT2D eigenvalue weighted by atomic mass is 10.1. The molecule has 1 saturated heterocycles. The summed E-state index contributed by atoms with van der Waals surface area (Å²) in [6.07, 6.45) is 4.04. The van der Waals surface area contributed by atoms with Crippen LogP contribution < -0.4 is 0 Å². The fourth-order valence-electron chi connectivity index (χ4n) is 4.01. The molecule has 32 heavy (non-hydrogen) atoms. The van der Waals surface area contributed by atoms with Crippen LogP contribution in [0.1, 0.15) is 51.5 Å². The summed E-state index contributed by atoms with van der Waals surface area (Å²) < 4.78 is 7.29. The van der Waals surface area contributed by atoms with Crippen molar-refractivity contribution < 1.29 is 14.3 Å². The molecule has 0 radical (unpaired) electrons. The monoisotopic (exact) mass is 455 g/mol. The molecular weight excluding hydrogens is 426 g/mol. The van der Waals surface area contributed by atoms with E-state index in [1.807, 2.05) is 63.9 Å². The third-order valence-corrected chi connectivity index (χ3v) is 6.26. The molecule has 0 aromatic carbocycles. The largest absolute Gasteiger partial charge is 0.444 e. The lowest BCUT2D eigenvalue weighted by Crippen LogP contribution is -2.47. The van der Waals surface area contributed by atoms with E-state index in [9.17, 15) is 9.59 Å². The maximum atomic E-state index is 13.4. The molecular formula is C23H29N5O3S. The molecule has 2 amide bonds. The van der Waals surface area contributed by atoms with E-state index >= 15 is 0 Å². The van der Waals surface area contributed by atoms with E-state index in [4.69, 9.17) is 4.74 Å². The van der Waals surface area contributed by atoms with E-state index < -0.39 is 5.60 Å². The van der Waals surface area contributed by atoms with Gasteiger partial charge in [-0.3, -0.25) is 4.79 Å². The number of carbonyl (C=O) groups is 2. The molecule has 1 aliphatic rings. The molecule has 0 bridgehead atoms. The summed E-state index contributed by atoms with van der Waals surface area (Å²) >= 11 is 1.44. The van der Waals surface area contributed by atoms with E-state index in [0.29, 0.717) is 25.2 Å². The number of carbonyl (C=O) groups excluding carboxylic acids is 2. The Morgan fingerprint density at radius 2 is 2.06 bits per heavy atom. The van der Waals surface area contributed by atoms with Crippen LogP contribution in [0.3, 0.4) is 0 Å². The molecule has 4 heterocycles. The van der Waals surface area contributed by atoms with Gasteiger partial charge in [0.05, 0.1) is 23.3 Å². The molecule has 4 rings (SSSR count). The molecule has 8 nitrogen and oxygen atoms in total. The number of rotatable bonds is 4. The number of pyridine rings is 1. The summed E-state index contributed by atoms with van der Waals surface area (Å²) in [5.41, 5.74) is 1.73. The number of hydrogen-bond donors (Lipinski definition) is 0. The van der Waals surface area contributed by atoms with Crippen molar-refractivity contribution in [3.8, 4) is 10.6 Å². The van der Waals surface area contributed by atoms with Crippen molar-refractivity contribution in [3.63, 3.8) is 0 Å². The molecule has 0 aliphatic carbocycles. The molecule has 0 spiro atoms. The minimum Gasteiger partial charge on any atom is -0.444 e. The van der Waals surface area contributed by atoms with Crippen molar-refractivity contribution in [2.24, 2.45) is 0 Å². The smallest absolute Gasteiger partial charge is 0.410 e. The number of aromatic nitrogens is 3. The Bertz CT molecular complexity index is 1130. The van der Waals surface area contributed by atoms with Crippen molar-refractivity contribution in [2.75, 3.05) is 13.1 Å². The number of amides is 2. The number of ether oxygens (including phenoxy) is 1. The van der Waals surface area contributed by atoms with Crippen LogP contribution in [0.5, 0.6) is 0 Å². The zero-order valence-electron chi connectivity index (χ0n) is 19.1. The molecule has 3 aromatic heterocycles. The number of likely N-dealkylation sites (tertiary alicyclic amines) is 1. The Morgan fingerprint density at radius 3 is 2.78 bits per heavy atom. The van der Waals surface area contributed by atoms with Crippen LogP contribution in [0.15, 0.2) is 36.0 Å². The number of nitrogens with zero attached hydrogens (tertiary/aromatic N) is 5. The normalized spacial score (nSPS) is 16.7. The SMILES string of the molecule is CC(C)N(C(=O)c1csc(-c2cnn3ccccc23)n1)[C@H]1CCN(C(=O)OC(C)(C)C)C1. The zero-order chi connectivity index (χ0) is 23.0. The van der Waals surface area contributed by atoms with Crippen LogP contribution in [0.25, 0.3) is 16.1 Å². The van der Waals surface area contributed by atoms with Crippen LogP contribution in [-0.4, -0.2) is 67.2 Å². The number of thiazole rings is 1. The van der Waals surface area contributed by atoms with Crippen LogP contribution in [0, 0.1) is 0 Å². The highest BCUT2D eigenvalue weighted by atomic mass is 32.1. The van der Waals surface area contributed by atoms with E-state index in [1.54, 1.807) is 21.0 Å². The highest BCUT2D eigenvalue weighted by molar-refractivity contribution is 7.13. The third kappa shape index (κ3) is 4.48. The molecule has 0 unspecified atom stereocenters. The predicted octanol–water partition coefficient (Wildman–Crippen LogP) is 4.32. The first-order valence-corrected chi connectivity index (χ1v) is 11.7. The number of hydrogen-bond acceptors (Lipinski definition) is 6. The van der Waals surface area contributed by atoms with Crippen molar-refractivity contribution in [1.82, 2.24) is 24.4 Å². The predicted molar refractivity (Wildman–Crippen MR) is 124 cm³/mol. The zero-order valence-corrected chi connectivity index (χ0v) is 19.9. The van der Waals surface area contributed by atoms with Gasteiger partial charge in [0.1, 0.15) is 16.3 Å². The summed E-state index contributed by atoms with van der Waals surface area (Å²) in [7, 11) is 0. The third-order valence-electron chi connectivity index (χ3n) is 5.38. The van der Waals surface area contributed by atoms with E-state index in [2.05, 4.69) is 10.1 Å². The molecule has 1 atom stereocenters. The minimum absolute atomic E-state index is 0.0202. The van der Waals surface area contributed by atoms with Gasteiger partial charge in [0.25, 0.3) is 5.91 Å². The quantitative estimate of drug-likeness (QED) is 0.585. The molecule has 9 heteroatoms. The van der Waals surface area contributed by atoms with Gasteiger partial charge in [0.15, 0.2) is 0 Å². The molecule has 1 aliphatic heterocycles. The van der Waals surface area contributed by atoms with Crippen LogP contribution in [0.2, 0.25) is 0 Å². The van der Waals surface area contributed by atoms with Gasteiger partial charge in [-0.15, -0.1) is 11.3 Å². The van der Waals surface area contributed by atoms with Gasteiger partial charge in [0.2, 0.25) is 0 Å². The van der Waals surface area contributed by atoms with Crippen molar-refractivity contribution in [1.29, 1.82) is 0 Å². The van der Waals surface area contributed by atoms with E-state index in [1.165, 1.54) is 11.3 Å². The van der Waals surface area contributed by atoms with Gasteiger partial charge in [0, 0.05) is 30.7 Å². The summed E-state index contributed by atoms with van der Waals surface area (Å²) in [6.45, 7) is 10.6. The minimum atomic E-state index is -0.544. The highest BCUT2D eigenvalue weighted by Gasteiger charge is 2.37. The second-order valence-electron chi connectivity index (χ2n) is 9.30. The summed E-state index contributed by atoms with van der Waals surface area (Å²) in [4.78, 5) is 34.1. The first-order chi connectivity index (χ1) is 15.1. The Labute approximate surface area is 191 Å². The van der Waals surface area contributed by atoms with Gasteiger partial charge < -0.3 is 14.5 Å². The highest BCUT2D eigenvalue weighted by Crippen LogP contribution is 2.29. The summed E-state index contributed by atoms with van der Waals surface area (Å²) in [5, 5.41) is 6.93. The molecule has 0 N–H and O–H groups in total. The Hall–Kier alpha value is -2.94. The fourth-order valence-corrected chi connectivity index (χ4v) is 4.82. The molecule has 170 valence electrons.